The molecule has 5 nitrogen and oxygen atoms in total. The average molecular weight is 305 g/mol. The van der Waals surface area contributed by atoms with Crippen LogP contribution in [0.15, 0.2) is 30.3 Å². The summed E-state index contributed by atoms with van der Waals surface area (Å²) in [7, 11) is 0. The van der Waals surface area contributed by atoms with E-state index in [4.69, 9.17) is 0 Å². The van der Waals surface area contributed by atoms with E-state index in [0.29, 0.717) is 6.54 Å². The molecule has 1 aromatic carbocycles. The molecule has 2 amide bonds. The first-order valence-corrected chi connectivity index (χ1v) is 7.78. The van der Waals surface area contributed by atoms with Crippen LogP contribution in [0.2, 0.25) is 0 Å². The van der Waals surface area contributed by atoms with E-state index in [9.17, 15) is 9.59 Å². The van der Waals surface area contributed by atoms with Crippen LogP contribution >= 0.6 is 0 Å². The fourth-order valence-corrected chi connectivity index (χ4v) is 2.17. The summed E-state index contributed by atoms with van der Waals surface area (Å²) >= 11 is 0. The Bertz CT molecular complexity index is 474. The van der Waals surface area contributed by atoms with Crippen molar-refractivity contribution >= 4 is 11.8 Å². The fraction of sp³-hybridized carbons (Fsp3) is 0.529. The molecule has 1 unspecified atom stereocenters. The summed E-state index contributed by atoms with van der Waals surface area (Å²) in [5.74, 6) is -0.128. The Balaban J connectivity index is 2.46. The number of hydrogen-bond acceptors (Lipinski definition) is 3. The van der Waals surface area contributed by atoms with Crippen molar-refractivity contribution in [2.75, 3.05) is 19.6 Å². The molecule has 0 bridgehead atoms. The van der Waals surface area contributed by atoms with Crippen molar-refractivity contribution in [1.82, 2.24) is 15.5 Å². The molecular weight excluding hydrogens is 278 g/mol. The van der Waals surface area contributed by atoms with Gasteiger partial charge in [0.05, 0.1) is 19.1 Å². The molecule has 1 rings (SSSR count). The number of rotatable bonds is 8. The van der Waals surface area contributed by atoms with Crippen LogP contribution in [-0.2, 0) is 9.59 Å². The zero-order valence-corrected chi connectivity index (χ0v) is 13.9. The van der Waals surface area contributed by atoms with Crippen LogP contribution in [0.1, 0.15) is 39.3 Å². The quantitative estimate of drug-likeness (QED) is 0.768. The highest BCUT2D eigenvalue weighted by molar-refractivity contribution is 5.81. The number of benzene rings is 1. The Morgan fingerprint density at radius 3 is 2.05 bits per heavy atom. The van der Waals surface area contributed by atoms with Crippen LogP contribution in [0.5, 0.6) is 0 Å². The molecule has 0 aromatic heterocycles. The van der Waals surface area contributed by atoms with Gasteiger partial charge in [0.2, 0.25) is 11.8 Å². The van der Waals surface area contributed by atoms with E-state index in [1.54, 1.807) is 0 Å². The van der Waals surface area contributed by atoms with E-state index in [-0.39, 0.29) is 37.0 Å². The molecule has 0 radical (unpaired) electrons. The number of likely N-dealkylation sites (N-methyl/N-ethyl adjacent to an activating group) is 1. The first-order chi connectivity index (χ1) is 10.4. The molecule has 1 aromatic rings. The number of nitrogens with zero attached hydrogens (tertiary/aromatic N) is 1. The lowest BCUT2D eigenvalue weighted by atomic mass is 10.1. The molecule has 0 saturated carbocycles. The lowest BCUT2D eigenvalue weighted by Gasteiger charge is -2.22. The molecule has 0 saturated heterocycles. The summed E-state index contributed by atoms with van der Waals surface area (Å²) in [6.07, 6.45) is 0. The third-order valence-electron chi connectivity index (χ3n) is 3.31. The first-order valence-electron chi connectivity index (χ1n) is 7.78. The first kappa shape index (κ1) is 18.2. The highest BCUT2D eigenvalue weighted by Crippen LogP contribution is 2.10. The van der Waals surface area contributed by atoms with Crippen LogP contribution in [-0.4, -0.2) is 42.4 Å². The molecular formula is C17H27N3O2. The van der Waals surface area contributed by atoms with Gasteiger partial charge in [0, 0.05) is 6.04 Å². The number of carbonyl (C=O) groups is 2. The summed E-state index contributed by atoms with van der Waals surface area (Å²) < 4.78 is 0. The maximum Gasteiger partial charge on any atom is 0.234 e. The van der Waals surface area contributed by atoms with Gasteiger partial charge in [-0.3, -0.25) is 14.5 Å². The van der Waals surface area contributed by atoms with Gasteiger partial charge in [-0.05, 0) is 32.9 Å². The second kappa shape index (κ2) is 9.20. The SMILES string of the molecule is CCN(CC(=O)NC(C)C)CC(=O)NC(C)c1ccccc1. The van der Waals surface area contributed by atoms with Gasteiger partial charge in [-0.1, -0.05) is 37.3 Å². The molecule has 0 aliphatic rings. The van der Waals surface area contributed by atoms with E-state index >= 15 is 0 Å². The minimum atomic E-state index is -0.0736. The van der Waals surface area contributed by atoms with Crippen molar-refractivity contribution in [2.24, 2.45) is 0 Å². The molecule has 0 aliphatic carbocycles. The second-order valence-corrected chi connectivity index (χ2v) is 5.73. The predicted octanol–water partition coefficient (Wildman–Crippen LogP) is 1.71. The standard InChI is InChI=1S/C17H27N3O2/c1-5-20(11-16(21)18-13(2)3)12-17(22)19-14(4)15-9-7-6-8-10-15/h6-10,13-14H,5,11-12H2,1-4H3,(H,18,21)(H,19,22). The molecule has 0 heterocycles. The number of carbonyl (C=O) groups excluding carboxylic acids is 2. The summed E-state index contributed by atoms with van der Waals surface area (Å²) in [4.78, 5) is 25.7. The van der Waals surface area contributed by atoms with E-state index < -0.39 is 0 Å². The largest absolute Gasteiger partial charge is 0.353 e. The van der Waals surface area contributed by atoms with Crippen LogP contribution in [0.4, 0.5) is 0 Å². The van der Waals surface area contributed by atoms with Crippen molar-refractivity contribution in [1.29, 1.82) is 0 Å². The van der Waals surface area contributed by atoms with E-state index in [1.807, 2.05) is 62.9 Å². The fourth-order valence-electron chi connectivity index (χ4n) is 2.17. The van der Waals surface area contributed by atoms with Crippen LogP contribution < -0.4 is 10.6 Å². The third-order valence-corrected chi connectivity index (χ3v) is 3.31. The van der Waals surface area contributed by atoms with E-state index in [0.717, 1.165) is 5.56 Å². The van der Waals surface area contributed by atoms with Gasteiger partial charge in [0.15, 0.2) is 0 Å². The third kappa shape index (κ3) is 6.72. The second-order valence-electron chi connectivity index (χ2n) is 5.73. The topological polar surface area (TPSA) is 61.4 Å². The summed E-state index contributed by atoms with van der Waals surface area (Å²) in [5.41, 5.74) is 1.07. The lowest BCUT2D eigenvalue weighted by Crippen LogP contribution is -2.44. The Hall–Kier alpha value is -1.88. The van der Waals surface area contributed by atoms with Gasteiger partial charge >= 0.3 is 0 Å². The van der Waals surface area contributed by atoms with Gasteiger partial charge in [0.25, 0.3) is 0 Å². The van der Waals surface area contributed by atoms with E-state index in [2.05, 4.69) is 10.6 Å². The van der Waals surface area contributed by atoms with Crippen LogP contribution in [0, 0.1) is 0 Å². The van der Waals surface area contributed by atoms with Crippen molar-refractivity contribution in [3.63, 3.8) is 0 Å². The minimum absolute atomic E-state index is 0.0445. The highest BCUT2D eigenvalue weighted by Gasteiger charge is 2.15. The molecule has 1 atom stereocenters. The Kier molecular flexibility index (Phi) is 7.60. The smallest absolute Gasteiger partial charge is 0.234 e. The maximum absolute atomic E-state index is 12.1. The summed E-state index contributed by atoms with van der Waals surface area (Å²) in [6, 6.07) is 9.88. The van der Waals surface area contributed by atoms with Crippen molar-refractivity contribution in [3.8, 4) is 0 Å². The van der Waals surface area contributed by atoms with Crippen molar-refractivity contribution in [3.05, 3.63) is 35.9 Å². The molecule has 0 fully saturated rings. The minimum Gasteiger partial charge on any atom is -0.353 e. The molecule has 122 valence electrons. The van der Waals surface area contributed by atoms with Crippen molar-refractivity contribution < 1.29 is 9.59 Å². The molecule has 2 N–H and O–H groups in total. The molecule has 0 aliphatic heterocycles. The maximum atomic E-state index is 12.1. The number of nitrogens with one attached hydrogen (secondary N) is 2. The summed E-state index contributed by atoms with van der Waals surface area (Å²) in [5, 5.41) is 5.80. The zero-order valence-electron chi connectivity index (χ0n) is 13.9. The van der Waals surface area contributed by atoms with Gasteiger partial charge in [-0.25, -0.2) is 0 Å². The Labute approximate surface area is 133 Å². The molecule has 22 heavy (non-hydrogen) atoms. The molecule has 0 spiro atoms. The normalized spacial score (nSPS) is 12.3. The summed E-state index contributed by atoms with van der Waals surface area (Å²) in [6.45, 7) is 8.84. The van der Waals surface area contributed by atoms with Gasteiger partial charge < -0.3 is 10.6 Å². The average Bonchev–Trinajstić information content (AvgIpc) is 2.46. The highest BCUT2D eigenvalue weighted by atomic mass is 16.2. The van der Waals surface area contributed by atoms with Gasteiger partial charge in [0.1, 0.15) is 0 Å². The zero-order chi connectivity index (χ0) is 16.5. The van der Waals surface area contributed by atoms with Crippen molar-refractivity contribution in [2.45, 2.75) is 39.8 Å². The number of hydrogen-bond donors (Lipinski definition) is 2. The Morgan fingerprint density at radius 1 is 1.00 bits per heavy atom. The lowest BCUT2D eigenvalue weighted by molar-refractivity contribution is -0.125. The van der Waals surface area contributed by atoms with Gasteiger partial charge in [-0.2, -0.15) is 0 Å². The van der Waals surface area contributed by atoms with Gasteiger partial charge in [-0.15, -0.1) is 0 Å². The number of amides is 2. The van der Waals surface area contributed by atoms with Crippen LogP contribution in [0.3, 0.4) is 0 Å². The monoisotopic (exact) mass is 305 g/mol. The van der Waals surface area contributed by atoms with E-state index in [1.165, 1.54) is 0 Å². The van der Waals surface area contributed by atoms with Crippen LogP contribution in [0.25, 0.3) is 0 Å². The Morgan fingerprint density at radius 2 is 1.55 bits per heavy atom. The predicted molar refractivity (Wildman–Crippen MR) is 88.4 cm³/mol. The molecule has 5 heteroatoms.